The van der Waals surface area contributed by atoms with Gasteiger partial charge in [0.2, 0.25) is 0 Å². The van der Waals surface area contributed by atoms with Crippen LogP contribution in [0.25, 0.3) is 0 Å². The average Bonchev–Trinajstić information content (AvgIpc) is 3.08. The van der Waals surface area contributed by atoms with E-state index >= 15 is 0 Å². The molecule has 0 spiro atoms. The van der Waals surface area contributed by atoms with Crippen LogP contribution in [0.5, 0.6) is 0 Å². The monoisotopic (exact) mass is 338 g/mol. The second-order valence-corrected chi connectivity index (χ2v) is 7.46. The van der Waals surface area contributed by atoms with Crippen molar-refractivity contribution in [2.45, 2.75) is 51.7 Å². The minimum atomic E-state index is 0.159. The Morgan fingerprint density at radius 1 is 1.16 bits per heavy atom. The zero-order chi connectivity index (χ0) is 17.4. The van der Waals surface area contributed by atoms with E-state index in [1.807, 2.05) is 40.8 Å². The van der Waals surface area contributed by atoms with Gasteiger partial charge in [-0.1, -0.05) is 12.1 Å². The van der Waals surface area contributed by atoms with Crippen molar-refractivity contribution >= 4 is 5.91 Å². The zero-order valence-corrected chi connectivity index (χ0v) is 15.0. The number of carbonyl (C=O) groups excluding carboxylic acids is 1. The molecular formula is C20H26N4O. The van der Waals surface area contributed by atoms with Crippen LogP contribution >= 0.6 is 0 Å². The molecule has 1 aromatic heterocycles. The third kappa shape index (κ3) is 3.47. The summed E-state index contributed by atoms with van der Waals surface area (Å²) in [5, 5.41) is 8.13. The van der Waals surface area contributed by atoms with E-state index in [2.05, 4.69) is 23.4 Å². The Labute approximate surface area is 149 Å². The lowest BCUT2D eigenvalue weighted by Crippen LogP contribution is -2.39. The van der Waals surface area contributed by atoms with Gasteiger partial charge in [0.05, 0.1) is 12.2 Å². The topological polar surface area (TPSA) is 50.2 Å². The Balaban J connectivity index is 1.44. The van der Waals surface area contributed by atoms with Gasteiger partial charge in [0, 0.05) is 36.4 Å². The lowest BCUT2D eigenvalue weighted by molar-refractivity contribution is 0.0748. The largest absolute Gasteiger partial charge is 0.337 e. The second kappa shape index (κ2) is 6.64. The van der Waals surface area contributed by atoms with E-state index in [0.29, 0.717) is 12.1 Å². The van der Waals surface area contributed by atoms with Crippen LogP contribution < -0.4 is 5.32 Å². The lowest BCUT2D eigenvalue weighted by atomic mass is 10.1. The molecular weight excluding hydrogens is 312 g/mol. The molecule has 0 radical (unpaired) electrons. The number of likely N-dealkylation sites (tertiary alicyclic amines) is 1. The number of nitrogens with one attached hydrogen (secondary N) is 1. The van der Waals surface area contributed by atoms with Gasteiger partial charge in [-0.15, -0.1) is 0 Å². The number of hydrogen-bond donors (Lipinski definition) is 1. The normalized spacial score (nSPS) is 22.9. The molecule has 3 heterocycles. The van der Waals surface area contributed by atoms with Gasteiger partial charge in [-0.3, -0.25) is 9.48 Å². The highest BCUT2D eigenvalue weighted by Crippen LogP contribution is 2.21. The Bertz CT molecular complexity index is 765. The van der Waals surface area contributed by atoms with Crippen LogP contribution in [0.4, 0.5) is 0 Å². The number of rotatable bonds is 3. The highest BCUT2D eigenvalue weighted by atomic mass is 16.2. The van der Waals surface area contributed by atoms with Crippen molar-refractivity contribution in [1.82, 2.24) is 20.0 Å². The fourth-order valence-corrected chi connectivity index (χ4v) is 4.07. The molecule has 25 heavy (non-hydrogen) atoms. The molecule has 2 atom stereocenters. The molecule has 132 valence electrons. The van der Waals surface area contributed by atoms with E-state index < -0.39 is 0 Å². The van der Waals surface area contributed by atoms with Crippen LogP contribution in [-0.4, -0.2) is 45.8 Å². The first-order valence-corrected chi connectivity index (χ1v) is 9.24. The predicted molar refractivity (Wildman–Crippen MR) is 97.7 cm³/mol. The van der Waals surface area contributed by atoms with Gasteiger partial charge in [-0.25, -0.2) is 0 Å². The molecule has 2 saturated heterocycles. The van der Waals surface area contributed by atoms with Gasteiger partial charge >= 0.3 is 0 Å². The summed E-state index contributed by atoms with van der Waals surface area (Å²) < 4.78 is 2.00. The van der Waals surface area contributed by atoms with Crippen LogP contribution in [-0.2, 0) is 6.54 Å². The molecule has 1 N–H and O–H groups in total. The number of amides is 1. The second-order valence-electron chi connectivity index (χ2n) is 7.46. The number of benzene rings is 1. The van der Waals surface area contributed by atoms with Gasteiger partial charge in [0.25, 0.3) is 5.91 Å². The minimum Gasteiger partial charge on any atom is -0.337 e. The van der Waals surface area contributed by atoms with Crippen molar-refractivity contribution in [2.24, 2.45) is 0 Å². The summed E-state index contributed by atoms with van der Waals surface area (Å²) in [4.78, 5) is 14.9. The van der Waals surface area contributed by atoms with E-state index in [1.54, 1.807) is 0 Å². The Morgan fingerprint density at radius 3 is 2.64 bits per heavy atom. The quantitative estimate of drug-likeness (QED) is 0.935. The lowest BCUT2D eigenvalue weighted by Gasteiger charge is -2.24. The van der Waals surface area contributed by atoms with E-state index in [1.165, 1.54) is 18.4 Å². The van der Waals surface area contributed by atoms with Crippen LogP contribution in [0.3, 0.4) is 0 Å². The fourth-order valence-electron chi connectivity index (χ4n) is 4.07. The van der Waals surface area contributed by atoms with E-state index in [0.717, 1.165) is 43.0 Å². The number of aromatic nitrogens is 2. The van der Waals surface area contributed by atoms with Crippen LogP contribution in [0.2, 0.25) is 0 Å². The smallest absolute Gasteiger partial charge is 0.253 e. The summed E-state index contributed by atoms with van der Waals surface area (Å²) in [7, 11) is 0. The number of nitrogens with zero attached hydrogens (tertiary/aromatic N) is 3. The first-order chi connectivity index (χ1) is 12.1. The maximum absolute atomic E-state index is 12.8. The molecule has 1 aromatic carbocycles. The molecule has 0 aliphatic carbocycles. The van der Waals surface area contributed by atoms with Crippen molar-refractivity contribution < 1.29 is 4.79 Å². The van der Waals surface area contributed by atoms with Crippen LogP contribution in [0, 0.1) is 13.8 Å². The summed E-state index contributed by atoms with van der Waals surface area (Å²) in [5.41, 5.74) is 4.15. The third-order valence-corrected chi connectivity index (χ3v) is 5.45. The molecule has 2 fully saturated rings. The van der Waals surface area contributed by atoms with Gasteiger partial charge in [0.1, 0.15) is 0 Å². The van der Waals surface area contributed by atoms with Crippen molar-refractivity contribution in [3.05, 3.63) is 52.8 Å². The zero-order valence-electron chi connectivity index (χ0n) is 15.0. The molecule has 4 rings (SSSR count). The summed E-state index contributed by atoms with van der Waals surface area (Å²) in [6.45, 7) is 6.52. The number of hydrogen-bond acceptors (Lipinski definition) is 3. The summed E-state index contributed by atoms with van der Waals surface area (Å²) in [5.74, 6) is 0.159. The molecule has 2 aliphatic rings. The SMILES string of the molecule is Cc1cc(C)n(Cc2ccc(C(=O)N3CCC4CCC(C3)N4)cc2)n1. The Morgan fingerprint density at radius 2 is 1.92 bits per heavy atom. The van der Waals surface area contributed by atoms with Gasteiger partial charge in [-0.2, -0.15) is 5.10 Å². The maximum atomic E-state index is 12.8. The first kappa shape index (κ1) is 16.3. The molecule has 2 unspecified atom stereocenters. The highest BCUT2D eigenvalue weighted by Gasteiger charge is 2.31. The standard InChI is InChI=1S/C20H26N4O/c1-14-11-15(2)24(22-14)12-16-3-5-17(6-4-16)20(25)23-10-9-18-7-8-19(13-23)21-18/h3-6,11,18-19,21H,7-10,12-13H2,1-2H3. The van der Waals surface area contributed by atoms with Gasteiger partial charge in [-0.05, 0) is 56.9 Å². The predicted octanol–water partition coefficient (Wildman–Crippen LogP) is 2.51. The number of carbonyl (C=O) groups is 1. The third-order valence-electron chi connectivity index (χ3n) is 5.45. The van der Waals surface area contributed by atoms with Gasteiger partial charge in [0.15, 0.2) is 0 Å². The van der Waals surface area contributed by atoms with Crippen LogP contribution in [0.15, 0.2) is 30.3 Å². The summed E-state index contributed by atoms with van der Waals surface area (Å²) in [6.07, 6.45) is 3.52. The van der Waals surface area contributed by atoms with E-state index in [-0.39, 0.29) is 5.91 Å². The van der Waals surface area contributed by atoms with Crippen molar-refractivity contribution in [2.75, 3.05) is 13.1 Å². The van der Waals surface area contributed by atoms with Crippen molar-refractivity contribution in [1.29, 1.82) is 0 Å². The highest BCUT2D eigenvalue weighted by molar-refractivity contribution is 5.94. The summed E-state index contributed by atoms with van der Waals surface area (Å²) in [6, 6.07) is 11.2. The number of fused-ring (bicyclic) bond motifs is 2. The summed E-state index contributed by atoms with van der Waals surface area (Å²) >= 11 is 0. The molecule has 5 heteroatoms. The minimum absolute atomic E-state index is 0.159. The number of aryl methyl sites for hydroxylation is 2. The maximum Gasteiger partial charge on any atom is 0.253 e. The average molecular weight is 338 g/mol. The van der Waals surface area contributed by atoms with Crippen molar-refractivity contribution in [3.63, 3.8) is 0 Å². The molecule has 5 nitrogen and oxygen atoms in total. The molecule has 1 amide bonds. The molecule has 2 bridgehead atoms. The van der Waals surface area contributed by atoms with Crippen LogP contribution in [0.1, 0.15) is 46.6 Å². The van der Waals surface area contributed by atoms with Gasteiger partial charge < -0.3 is 10.2 Å². The van der Waals surface area contributed by atoms with E-state index in [9.17, 15) is 4.79 Å². The fraction of sp³-hybridized carbons (Fsp3) is 0.500. The first-order valence-electron chi connectivity index (χ1n) is 9.24. The van der Waals surface area contributed by atoms with Crippen molar-refractivity contribution in [3.8, 4) is 0 Å². The Hall–Kier alpha value is -2.14. The molecule has 2 aliphatic heterocycles. The Kier molecular flexibility index (Phi) is 4.34. The van der Waals surface area contributed by atoms with E-state index in [4.69, 9.17) is 0 Å². The molecule has 2 aromatic rings. The molecule has 0 saturated carbocycles.